The van der Waals surface area contributed by atoms with E-state index in [0.717, 1.165) is 5.57 Å². The van der Waals surface area contributed by atoms with Gasteiger partial charge in [-0.2, -0.15) is 0 Å². The zero-order valence-electron chi connectivity index (χ0n) is 4.00. The van der Waals surface area contributed by atoms with E-state index in [1.54, 1.807) is 0 Å². The van der Waals surface area contributed by atoms with Gasteiger partial charge in [-0.1, -0.05) is 5.57 Å². The van der Waals surface area contributed by atoms with E-state index in [4.69, 9.17) is 19.4 Å². The summed E-state index contributed by atoms with van der Waals surface area (Å²) in [5, 5.41) is 0. The van der Waals surface area contributed by atoms with E-state index in [1.807, 2.05) is 6.92 Å². The van der Waals surface area contributed by atoms with Gasteiger partial charge in [-0.3, -0.25) is 0 Å². The van der Waals surface area contributed by atoms with Crippen molar-refractivity contribution in [2.24, 2.45) is 0 Å². The molecular weight excluding hydrogens is 222 g/mol. The van der Waals surface area contributed by atoms with E-state index in [-0.39, 0.29) is 15.1 Å². The molecule has 46 valence electrons. The maximum atomic E-state index is 4.83. The zero-order valence-corrected chi connectivity index (χ0v) is 7.15. The number of hydrogen-bond donors (Lipinski definition) is 0. The van der Waals surface area contributed by atoms with Gasteiger partial charge < -0.3 is 0 Å². The van der Waals surface area contributed by atoms with Crippen molar-refractivity contribution in [3.63, 3.8) is 0 Å². The van der Waals surface area contributed by atoms with E-state index in [0.29, 0.717) is 0 Å². The van der Waals surface area contributed by atoms with Crippen LogP contribution in [0.4, 0.5) is 0 Å². The van der Waals surface area contributed by atoms with E-state index in [1.165, 1.54) is 0 Å². The first-order valence-corrected chi connectivity index (χ1v) is 5.68. The van der Waals surface area contributed by atoms with Crippen molar-refractivity contribution in [3.05, 3.63) is 19.1 Å². The SMILES string of the molecule is [CH2]C(=C)C.[Cl][Rh][Cl]. The second kappa shape index (κ2) is 10.0. The van der Waals surface area contributed by atoms with Gasteiger partial charge >= 0.3 is 34.5 Å². The third-order valence-corrected chi connectivity index (χ3v) is 0. The normalized spacial score (nSPS) is 6.86. The maximum absolute atomic E-state index is 4.83. The Bertz CT molecular complexity index is 41.0. The number of hydrogen-bond acceptors (Lipinski definition) is 0. The molecule has 0 unspecified atom stereocenters. The Hall–Kier alpha value is 0.943. The van der Waals surface area contributed by atoms with Gasteiger partial charge in [0, 0.05) is 0 Å². The van der Waals surface area contributed by atoms with Gasteiger partial charge in [0.05, 0.1) is 0 Å². The summed E-state index contributed by atoms with van der Waals surface area (Å²) in [6.07, 6.45) is 0. The Morgan fingerprint density at radius 3 is 1.57 bits per heavy atom. The Morgan fingerprint density at radius 2 is 1.57 bits per heavy atom. The second-order valence-electron chi connectivity index (χ2n) is 1.00. The van der Waals surface area contributed by atoms with Gasteiger partial charge in [0.2, 0.25) is 0 Å². The van der Waals surface area contributed by atoms with Crippen molar-refractivity contribution in [1.29, 1.82) is 0 Å². The molecule has 0 saturated carbocycles. The average molecular weight is 229 g/mol. The molecule has 0 saturated heterocycles. The Morgan fingerprint density at radius 1 is 1.57 bits per heavy atom. The predicted molar refractivity (Wildman–Crippen MR) is 31.9 cm³/mol. The molecule has 0 aliphatic rings. The minimum atomic E-state index is -0.226. The molecule has 0 bridgehead atoms. The second-order valence-corrected chi connectivity index (χ2v) is 3.49. The molecular formula is C4H7Cl2Rh. The average Bonchev–Trinajstić information content (AvgIpc) is 1.33. The number of allylic oxidation sites excluding steroid dienone is 1. The van der Waals surface area contributed by atoms with Gasteiger partial charge in [0.15, 0.2) is 0 Å². The van der Waals surface area contributed by atoms with Crippen LogP contribution >= 0.6 is 19.4 Å². The predicted octanol–water partition coefficient (Wildman–Crippen LogP) is 2.77. The van der Waals surface area contributed by atoms with Crippen molar-refractivity contribution in [1.82, 2.24) is 0 Å². The van der Waals surface area contributed by atoms with Gasteiger partial charge in [-0.25, -0.2) is 0 Å². The first-order chi connectivity index (χ1) is 3.15. The Labute approximate surface area is 60.6 Å². The van der Waals surface area contributed by atoms with Crippen LogP contribution in [0.1, 0.15) is 6.92 Å². The van der Waals surface area contributed by atoms with Crippen molar-refractivity contribution in [3.8, 4) is 0 Å². The molecule has 0 aliphatic heterocycles. The zero-order chi connectivity index (χ0) is 6.28. The fourth-order valence-electron chi connectivity index (χ4n) is 0. The van der Waals surface area contributed by atoms with Crippen molar-refractivity contribution >= 4 is 19.4 Å². The summed E-state index contributed by atoms with van der Waals surface area (Å²) in [6, 6.07) is 0. The molecule has 0 aromatic heterocycles. The fourth-order valence-corrected chi connectivity index (χ4v) is 0. The summed E-state index contributed by atoms with van der Waals surface area (Å²) in [5.74, 6) is 0. The number of rotatable bonds is 0. The molecule has 0 nitrogen and oxygen atoms in total. The van der Waals surface area contributed by atoms with Crippen LogP contribution in [0.3, 0.4) is 0 Å². The van der Waals surface area contributed by atoms with Crippen LogP contribution in [0, 0.1) is 6.92 Å². The van der Waals surface area contributed by atoms with Gasteiger partial charge in [0.25, 0.3) is 0 Å². The summed E-state index contributed by atoms with van der Waals surface area (Å²) in [6.45, 7) is 8.75. The summed E-state index contributed by atoms with van der Waals surface area (Å²) >= 11 is -0.226. The molecule has 7 heavy (non-hydrogen) atoms. The third-order valence-electron chi connectivity index (χ3n) is 0. The van der Waals surface area contributed by atoms with Crippen LogP contribution in [0.15, 0.2) is 12.2 Å². The van der Waals surface area contributed by atoms with E-state index >= 15 is 0 Å². The molecule has 0 aromatic carbocycles. The fraction of sp³-hybridized carbons (Fsp3) is 0.250. The van der Waals surface area contributed by atoms with Crippen LogP contribution in [-0.4, -0.2) is 0 Å². The molecule has 0 atom stereocenters. The molecule has 0 amide bonds. The Balaban J connectivity index is 0. The summed E-state index contributed by atoms with van der Waals surface area (Å²) < 4.78 is 0. The van der Waals surface area contributed by atoms with Gasteiger partial charge in [-0.15, -0.1) is 6.58 Å². The van der Waals surface area contributed by atoms with E-state index in [2.05, 4.69) is 13.5 Å². The molecule has 0 spiro atoms. The Kier molecular flexibility index (Phi) is 15.5. The van der Waals surface area contributed by atoms with Crippen LogP contribution in [-0.2, 0) is 15.1 Å². The molecule has 0 aliphatic carbocycles. The molecule has 3 heteroatoms. The topological polar surface area (TPSA) is 0 Å². The summed E-state index contributed by atoms with van der Waals surface area (Å²) in [7, 11) is 9.67. The molecule has 0 fully saturated rings. The third kappa shape index (κ3) is 191. The standard InChI is InChI=1S/C4H7.2ClH.Rh/c1-4(2)3;;;/h1-2H2,3H3;2*1H;/q;;;+2/p-2. The van der Waals surface area contributed by atoms with Crippen LogP contribution < -0.4 is 0 Å². The van der Waals surface area contributed by atoms with Crippen molar-refractivity contribution in [2.45, 2.75) is 6.92 Å². The monoisotopic (exact) mass is 228 g/mol. The first-order valence-electron chi connectivity index (χ1n) is 1.46. The van der Waals surface area contributed by atoms with E-state index < -0.39 is 0 Å². The molecule has 0 N–H and O–H groups in total. The van der Waals surface area contributed by atoms with Gasteiger partial charge in [-0.05, 0) is 13.8 Å². The number of halogens is 2. The van der Waals surface area contributed by atoms with Crippen LogP contribution in [0.2, 0.25) is 0 Å². The van der Waals surface area contributed by atoms with Crippen LogP contribution in [0.25, 0.3) is 0 Å². The summed E-state index contributed by atoms with van der Waals surface area (Å²) in [4.78, 5) is 0. The minimum absolute atomic E-state index is 0.226. The molecule has 0 rings (SSSR count). The molecule has 0 aromatic rings. The van der Waals surface area contributed by atoms with E-state index in [9.17, 15) is 0 Å². The van der Waals surface area contributed by atoms with Crippen molar-refractivity contribution in [2.75, 3.05) is 0 Å². The molecule has 1 radical (unpaired) electrons. The molecule has 0 heterocycles. The first kappa shape index (κ1) is 10.8. The summed E-state index contributed by atoms with van der Waals surface area (Å²) in [5.41, 5.74) is 0.917. The van der Waals surface area contributed by atoms with Crippen LogP contribution in [0.5, 0.6) is 0 Å². The van der Waals surface area contributed by atoms with Crippen molar-refractivity contribution < 1.29 is 15.1 Å². The van der Waals surface area contributed by atoms with Gasteiger partial charge in [0.1, 0.15) is 0 Å². The quantitative estimate of drug-likeness (QED) is 0.560.